The van der Waals surface area contributed by atoms with Crippen LogP contribution in [0.3, 0.4) is 0 Å². The first-order valence-electron chi connectivity index (χ1n) is 6.20. The number of pyridine rings is 1. The van der Waals surface area contributed by atoms with Crippen molar-refractivity contribution in [3.05, 3.63) is 69.7 Å². The second kappa shape index (κ2) is 5.38. The fraction of sp³-hybridized carbons (Fsp3) is 0. The SMILES string of the molecule is O=[N+]([O-])c1ccc(Cl)c(Nc2ccc3ccccc3n2)c1. The van der Waals surface area contributed by atoms with Gasteiger partial charge >= 0.3 is 0 Å². The van der Waals surface area contributed by atoms with Gasteiger partial charge in [0.15, 0.2) is 0 Å². The Morgan fingerprint density at radius 1 is 1.10 bits per heavy atom. The van der Waals surface area contributed by atoms with Crippen molar-refractivity contribution in [2.24, 2.45) is 0 Å². The van der Waals surface area contributed by atoms with E-state index < -0.39 is 4.92 Å². The Morgan fingerprint density at radius 2 is 1.90 bits per heavy atom. The molecule has 1 heterocycles. The van der Waals surface area contributed by atoms with Gasteiger partial charge in [0.05, 0.1) is 21.2 Å². The first kappa shape index (κ1) is 13.3. The lowest BCUT2D eigenvalue weighted by Gasteiger charge is -2.08. The van der Waals surface area contributed by atoms with Gasteiger partial charge in [-0.25, -0.2) is 4.98 Å². The maximum absolute atomic E-state index is 10.8. The average Bonchev–Trinajstić information content (AvgIpc) is 2.49. The van der Waals surface area contributed by atoms with Crippen LogP contribution in [0.1, 0.15) is 0 Å². The lowest BCUT2D eigenvalue weighted by Crippen LogP contribution is -1.96. The zero-order chi connectivity index (χ0) is 14.8. The number of para-hydroxylation sites is 1. The summed E-state index contributed by atoms with van der Waals surface area (Å²) < 4.78 is 0. The van der Waals surface area contributed by atoms with Crippen LogP contribution in [0.2, 0.25) is 5.02 Å². The minimum Gasteiger partial charge on any atom is -0.339 e. The van der Waals surface area contributed by atoms with Crippen molar-refractivity contribution in [2.75, 3.05) is 5.32 Å². The lowest BCUT2D eigenvalue weighted by molar-refractivity contribution is -0.384. The summed E-state index contributed by atoms with van der Waals surface area (Å²) in [4.78, 5) is 14.8. The van der Waals surface area contributed by atoms with Gasteiger partial charge in [-0.15, -0.1) is 0 Å². The van der Waals surface area contributed by atoms with Gasteiger partial charge in [0.2, 0.25) is 0 Å². The summed E-state index contributed by atoms with van der Waals surface area (Å²) in [6, 6.07) is 15.7. The molecule has 0 fully saturated rings. The Bertz CT molecular complexity index is 836. The first-order chi connectivity index (χ1) is 10.1. The fourth-order valence-electron chi connectivity index (χ4n) is 2.00. The number of hydrogen-bond acceptors (Lipinski definition) is 4. The van der Waals surface area contributed by atoms with Crippen molar-refractivity contribution in [1.82, 2.24) is 4.98 Å². The number of benzene rings is 2. The van der Waals surface area contributed by atoms with E-state index in [4.69, 9.17) is 11.6 Å². The van der Waals surface area contributed by atoms with E-state index in [2.05, 4.69) is 10.3 Å². The van der Waals surface area contributed by atoms with E-state index in [1.165, 1.54) is 18.2 Å². The van der Waals surface area contributed by atoms with Crippen LogP contribution in [0.15, 0.2) is 54.6 Å². The number of nitrogens with one attached hydrogen (secondary N) is 1. The van der Waals surface area contributed by atoms with Crippen LogP contribution in [0, 0.1) is 10.1 Å². The molecule has 3 rings (SSSR count). The Hall–Kier alpha value is -2.66. The molecule has 2 aromatic carbocycles. The smallest absolute Gasteiger partial charge is 0.271 e. The van der Waals surface area contributed by atoms with Crippen LogP contribution < -0.4 is 5.32 Å². The molecule has 3 aromatic rings. The van der Waals surface area contributed by atoms with E-state index >= 15 is 0 Å². The van der Waals surface area contributed by atoms with Gasteiger partial charge in [-0.1, -0.05) is 29.8 Å². The monoisotopic (exact) mass is 299 g/mol. The topological polar surface area (TPSA) is 68.1 Å². The van der Waals surface area contributed by atoms with Crippen molar-refractivity contribution in [2.45, 2.75) is 0 Å². The molecule has 0 unspecified atom stereocenters. The van der Waals surface area contributed by atoms with Gasteiger partial charge in [0.25, 0.3) is 5.69 Å². The molecule has 0 aliphatic carbocycles. The summed E-state index contributed by atoms with van der Waals surface area (Å²) in [6.07, 6.45) is 0. The van der Waals surface area contributed by atoms with Gasteiger partial charge in [-0.05, 0) is 24.3 Å². The Morgan fingerprint density at radius 3 is 2.71 bits per heavy atom. The number of anilines is 2. The Kier molecular flexibility index (Phi) is 3.41. The molecule has 6 heteroatoms. The van der Waals surface area contributed by atoms with Crippen LogP contribution in [0.4, 0.5) is 17.2 Å². The van der Waals surface area contributed by atoms with Gasteiger partial charge in [0, 0.05) is 17.5 Å². The van der Waals surface area contributed by atoms with Crippen molar-refractivity contribution in [3.8, 4) is 0 Å². The maximum atomic E-state index is 10.8. The number of hydrogen-bond donors (Lipinski definition) is 1. The highest BCUT2D eigenvalue weighted by Crippen LogP contribution is 2.29. The van der Waals surface area contributed by atoms with Gasteiger partial charge < -0.3 is 5.32 Å². The van der Waals surface area contributed by atoms with E-state index in [1.807, 2.05) is 30.3 Å². The summed E-state index contributed by atoms with van der Waals surface area (Å²) >= 11 is 6.06. The molecule has 0 bridgehead atoms. The number of aromatic nitrogens is 1. The summed E-state index contributed by atoms with van der Waals surface area (Å²) in [5.74, 6) is 0.580. The predicted octanol–water partition coefficient (Wildman–Crippen LogP) is 4.54. The highest BCUT2D eigenvalue weighted by molar-refractivity contribution is 6.33. The number of rotatable bonds is 3. The third kappa shape index (κ3) is 2.78. The number of halogens is 1. The molecule has 0 saturated carbocycles. The number of nitrogens with zero attached hydrogens (tertiary/aromatic N) is 2. The zero-order valence-electron chi connectivity index (χ0n) is 10.8. The van der Waals surface area contributed by atoms with Crippen LogP contribution >= 0.6 is 11.6 Å². The normalized spacial score (nSPS) is 10.5. The zero-order valence-corrected chi connectivity index (χ0v) is 11.5. The molecule has 5 nitrogen and oxygen atoms in total. The molecule has 0 aliphatic rings. The number of fused-ring (bicyclic) bond motifs is 1. The van der Waals surface area contributed by atoms with Gasteiger partial charge in [-0.2, -0.15) is 0 Å². The highest BCUT2D eigenvalue weighted by Gasteiger charge is 2.10. The van der Waals surface area contributed by atoms with E-state index in [-0.39, 0.29) is 5.69 Å². The van der Waals surface area contributed by atoms with Crippen molar-refractivity contribution in [1.29, 1.82) is 0 Å². The molecule has 0 spiro atoms. The van der Waals surface area contributed by atoms with Gasteiger partial charge in [-0.3, -0.25) is 10.1 Å². The Balaban J connectivity index is 1.98. The molecule has 0 saturated heterocycles. The molecule has 0 amide bonds. The Labute approximate surface area is 125 Å². The van der Waals surface area contributed by atoms with E-state index in [1.54, 1.807) is 6.07 Å². The summed E-state index contributed by atoms with van der Waals surface area (Å²) in [6.45, 7) is 0. The lowest BCUT2D eigenvalue weighted by atomic mass is 10.2. The van der Waals surface area contributed by atoms with Crippen LogP contribution in [0.25, 0.3) is 10.9 Å². The summed E-state index contributed by atoms with van der Waals surface area (Å²) in [5.41, 5.74) is 1.26. The molecular weight excluding hydrogens is 290 g/mol. The van der Waals surface area contributed by atoms with Crippen LogP contribution in [0.5, 0.6) is 0 Å². The number of non-ortho nitro benzene ring substituents is 1. The number of nitro groups is 1. The molecule has 0 atom stereocenters. The average molecular weight is 300 g/mol. The highest BCUT2D eigenvalue weighted by atomic mass is 35.5. The molecule has 21 heavy (non-hydrogen) atoms. The molecule has 104 valence electrons. The van der Waals surface area contributed by atoms with Gasteiger partial charge in [0.1, 0.15) is 5.82 Å². The second-order valence-electron chi connectivity index (χ2n) is 4.44. The second-order valence-corrected chi connectivity index (χ2v) is 4.84. The maximum Gasteiger partial charge on any atom is 0.271 e. The first-order valence-corrected chi connectivity index (χ1v) is 6.58. The molecule has 0 aliphatic heterocycles. The molecular formula is C15H10ClN3O2. The predicted molar refractivity (Wildman–Crippen MR) is 83.1 cm³/mol. The van der Waals surface area contributed by atoms with E-state index in [9.17, 15) is 10.1 Å². The minimum absolute atomic E-state index is 0.0253. The third-order valence-corrected chi connectivity index (χ3v) is 3.35. The van der Waals surface area contributed by atoms with E-state index in [0.717, 1.165) is 10.9 Å². The molecule has 1 aromatic heterocycles. The summed E-state index contributed by atoms with van der Waals surface area (Å²) in [5, 5.41) is 15.2. The minimum atomic E-state index is -0.463. The van der Waals surface area contributed by atoms with Crippen LogP contribution in [-0.2, 0) is 0 Å². The fourth-order valence-corrected chi connectivity index (χ4v) is 2.16. The molecule has 0 radical (unpaired) electrons. The van der Waals surface area contributed by atoms with Crippen molar-refractivity contribution in [3.63, 3.8) is 0 Å². The number of nitro benzene ring substituents is 1. The van der Waals surface area contributed by atoms with E-state index in [0.29, 0.717) is 16.5 Å². The largest absolute Gasteiger partial charge is 0.339 e. The third-order valence-electron chi connectivity index (χ3n) is 3.02. The van der Waals surface area contributed by atoms with Crippen LogP contribution in [-0.4, -0.2) is 9.91 Å². The molecule has 1 N–H and O–H groups in total. The standard InChI is InChI=1S/C15H10ClN3O2/c16-12-7-6-11(19(20)21)9-14(12)18-15-8-5-10-3-1-2-4-13(10)17-15/h1-9H,(H,17,18). The summed E-state index contributed by atoms with van der Waals surface area (Å²) in [7, 11) is 0. The van der Waals surface area contributed by atoms with Crippen molar-refractivity contribution >= 4 is 39.7 Å². The quantitative estimate of drug-likeness (QED) is 0.569. The van der Waals surface area contributed by atoms with Crippen molar-refractivity contribution < 1.29 is 4.92 Å².